The van der Waals surface area contributed by atoms with Gasteiger partial charge in [-0.2, -0.15) is 0 Å². The number of rotatable bonds is 1. The summed E-state index contributed by atoms with van der Waals surface area (Å²) >= 11 is 0.388. The van der Waals surface area contributed by atoms with E-state index in [1.165, 1.54) is 11.4 Å². The van der Waals surface area contributed by atoms with Crippen LogP contribution in [0.3, 0.4) is 0 Å². The molecule has 1 heterocycles. The number of carbonyl (C=O) groups is 1. The van der Waals surface area contributed by atoms with Crippen molar-refractivity contribution in [3.63, 3.8) is 0 Å². The van der Waals surface area contributed by atoms with Gasteiger partial charge < -0.3 is 0 Å². The van der Waals surface area contributed by atoms with Gasteiger partial charge in [0.15, 0.2) is 0 Å². The summed E-state index contributed by atoms with van der Waals surface area (Å²) in [4.78, 5) is 13.4. The van der Waals surface area contributed by atoms with Crippen LogP contribution in [0.4, 0.5) is 0 Å². The molecule has 0 aliphatic carbocycles. The Bertz CT molecular complexity index is 445. The van der Waals surface area contributed by atoms with E-state index in [0.29, 0.717) is 20.1 Å². The van der Waals surface area contributed by atoms with Crippen molar-refractivity contribution in [2.24, 2.45) is 0 Å². The summed E-state index contributed by atoms with van der Waals surface area (Å²) in [5.41, 5.74) is 0.677. The maximum absolute atomic E-state index is 11.3. The molecule has 0 spiro atoms. The van der Waals surface area contributed by atoms with Gasteiger partial charge in [-0.1, -0.05) is 0 Å². The van der Waals surface area contributed by atoms with E-state index in [-0.39, 0.29) is 5.97 Å². The van der Waals surface area contributed by atoms with Crippen molar-refractivity contribution in [3.05, 3.63) is 34.8 Å². The van der Waals surface area contributed by atoms with E-state index >= 15 is 0 Å². The predicted octanol–water partition coefficient (Wildman–Crippen LogP) is 1.68. The first-order valence-electron chi connectivity index (χ1n) is 3.87. The van der Waals surface area contributed by atoms with Crippen LogP contribution in [0.1, 0.15) is 10.4 Å². The maximum atomic E-state index is 11.3. The monoisotopic (exact) mass is 240 g/mol. The summed E-state index contributed by atoms with van der Waals surface area (Å²) < 4.78 is 5.96. The minimum absolute atomic E-state index is 0.251. The van der Waals surface area contributed by atoms with Gasteiger partial charge in [-0.25, -0.2) is 0 Å². The molecule has 0 N–H and O–H groups in total. The Morgan fingerprint density at radius 1 is 1.38 bits per heavy atom. The molecule has 0 saturated heterocycles. The predicted molar refractivity (Wildman–Crippen MR) is 52.2 cm³/mol. The summed E-state index contributed by atoms with van der Waals surface area (Å²) in [6, 6.07) is 7.76. The first kappa shape index (κ1) is 8.54. The van der Waals surface area contributed by atoms with Gasteiger partial charge >= 0.3 is 81.5 Å². The topological polar surface area (TPSA) is 26.3 Å². The van der Waals surface area contributed by atoms with Crippen molar-refractivity contribution in [3.8, 4) is 0 Å². The molecule has 0 bridgehead atoms. The number of methoxy groups -OCH3 is 1. The van der Waals surface area contributed by atoms with Crippen LogP contribution < -0.4 is 0 Å². The number of esters is 1. The Hall–Kier alpha value is -1.05. The quantitative estimate of drug-likeness (QED) is 0.559. The third kappa shape index (κ3) is 1.41. The molecule has 2 rings (SSSR count). The third-order valence-corrected chi connectivity index (χ3v) is 3.75. The van der Waals surface area contributed by atoms with Gasteiger partial charge in [0.2, 0.25) is 0 Å². The molecule has 0 atom stereocenters. The molecule has 0 fully saturated rings. The van der Waals surface area contributed by atoms with Gasteiger partial charge in [-0.3, -0.25) is 0 Å². The third-order valence-electron chi connectivity index (χ3n) is 1.90. The standard InChI is InChI=1S/C10H8O2Se/c1-12-10(11)8-3-2-4-9-7(8)5-6-13-9/h2-6H,1H3. The van der Waals surface area contributed by atoms with Crippen LogP contribution >= 0.6 is 0 Å². The SMILES string of the molecule is COC(=O)c1cccc2[se]ccc12. The molecule has 66 valence electrons. The number of ether oxygens (including phenoxy) is 1. The summed E-state index contributed by atoms with van der Waals surface area (Å²) in [6.45, 7) is 0. The van der Waals surface area contributed by atoms with Crippen molar-refractivity contribution < 1.29 is 9.53 Å². The van der Waals surface area contributed by atoms with Crippen LogP contribution in [0.5, 0.6) is 0 Å². The molecule has 2 aromatic rings. The molecule has 13 heavy (non-hydrogen) atoms. The van der Waals surface area contributed by atoms with Crippen molar-refractivity contribution in [2.75, 3.05) is 7.11 Å². The van der Waals surface area contributed by atoms with E-state index in [9.17, 15) is 4.79 Å². The second kappa shape index (κ2) is 3.36. The minimum atomic E-state index is -0.251. The molecule has 0 aliphatic rings. The molecule has 1 aromatic carbocycles. The van der Waals surface area contributed by atoms with Gasteiger partial charge in [0.25, 0.3) is 0 Å². The Labute approximate surface area is 81.9 Å². The van der Waals surface area contributed by atoms with E-state index in [0.717, 1.165) is 5.39 Å². The van der Waals surface area contributed by atoms with Crippen LogP contribution in [-0.2, 0) is 4.74 Å². The van der Waals surface area contributed by atoms with Crippen molar-refractivity contribution in [1.82, 2.24) is 0 Å². The molecular weight excluding hydrogens is 231 g/mol. The van der Waals surface area contributed by atoms with Crippen LogP contribution in [0.25, 0.3) is 9.65 Å². The van der Waals surface area contributed by atoms with Crippen molar-refractivity contribution in [2.45, 2.75) is 0 Å². The zero-order valence-corrected chi connectivity index (χ0v) is 8.82. The van der Waals surface area contributed by atoms with E-state index in [2.05, 4.69) is 11.0 Å². The second-order valence-corrected chi connectivity index (χ2v) is 4.62. The second-order valence-electron chi connectivity index (χ2n) is 2.63. The number of hydrogen-bond acceptors (Lipinski definition) is 2. The van der Waals surface area contributed by atoms with Crippen molar-refractivity contribution in [1.29, 1.82) is 0 Å². The molecule has 0 saturated carbocycles. The van der Waals surface area contributed by atoms with Gasteiger partial charge in [-0.15, -0.1) is 0 Å². The zero-order chi connectivity index (χ0) is 9.26. The number of benzene rings is 1. The molecule has 0 unspecified atom stereocenters. The molecular formula is C10H8O2Se. The average Bonchev–Trinajstić information content (AvgIpc) is 2.63. The molecule has 0 amide bonds. The molecule has 0 radical (unpaired) electrons. The van der Waals surface area contributed by atoms with E-state index < -0.39 is 0 Å². The molecule has 3 heteroatoms. The van der Waals surface area contributed by atoms with Gasteiger partial charge in [-0.05, 0) is 0 Å². The Kier molecular flexibility index (Phi) is 2.21. The average molecular weight is 239 g/mol. The fraction of sp³-hybridized carbons (Fsp3) is 0.100. The fourth-order valence-corrected chi connectivity index (χ4v) is 2.99. The first-order chi connectivity index (χ1) is 6.33. The van der Waals surface area contributed by atoms with Crippen LogP contribution in [-0.4, -0.2) is 27.6 Å². The zero-order valence-electron chi connectivity index (χ0n) is 7.11. The molecule has 0 aliphatic heterocycles. The molecule has 1 aromatic heterocycles. The summed E-state index contributed by atoms with van der Waals surface area (Å²) in [7, 11) is 1.41. The van der Waals surface area contributed by atoms with E-state index in [4.69, 9.17) is 4.74 Å². The first-order valence-corrected chi connectivity index (χ1v) is 5.72. The van der Waals surface area contributed by atoms with Gasteiger partial charge in [0.1, 0.15) is 0 Å². The van der Waals surface area contributed by atoms with Crippen molar-refractivity contribution >= 4 is 30.1 Å². The van der Waals surface area contributed by atoms with Gasteiger partial charge in [0, 0.05) is 0 Å². The van der Waals surface area contributed by atoms with Crippen LogP contribution in [0, 0.1) is 0 Å². The number of carbonyl (C=O) groups excluding carboxylic acids is 1. The summed E-state index contributed by atoms with van der Waals surface area (Å²) in [6.07, 6.45) is 0. The van der Waals surface area contributed by atoms with E-state index in [1.54, 1.807) is 6.07 Å². The summed E-state index contributed by atoms with van der Waals surface area (Å²) in [5, 5.41) is 1.04. The Balaban J connectivity index is 2.67. The van der Waals surface area contributed by atoms with Crippen LogP contribution in [0.15, 0.2) is 29.2 Å². The Morgan fingerprint density at radius 2 is 2.23 bits per heavy atom. The van der Waals surface area contributed by atoms with E-state index in [1.807, 2.05) is 12.1 Å². The molecule has 2 nitrogen and oxygen atoms in total. The number of hydrogen-bond donors (Lipinski definition) is 0. The normalized spacial score (nSPS) is 10.2. The fourth-order valence-electron chi connectivity index (χ4n) is 1.28. The Morgan fingerprint density at radius 3 is 3.00 bits per heavy atom. The summed E-state index contributed by atoms with van der Waals surface area (Å²) in [5.74, 6) is -0.251. The van der Waals surface area contributed by atoms with Gasteiger partial charge in [0.05, 0.1) is 0 Å². The number of fused-ring (bicyclic) bond motifs is 1. The van der Waals surface area contributed by atoms with Crippen LogP contribution in [0.2, 0.25) is 0 Å².